The molecule has 0 aliphatic carbocycles. The van der Waals surface area contributed by atoms with Crippen molar-refractivity contribution >= 4 is 34.2 Å². The van der Waals surface area contributed by atoms with Gasteiger partial charge in [-0.3, -0.25) is 10.1 Å². The molecule has 1 N–H and O–H groups in total. The Balaban J connectivity index is 1.85. The second-order valence-corrected chi connectivity index (χ2v) is 6.93. The predicted molar refractivity (Wildman–Crippen MR) is 101 cm³/mol. The Morgan fingerprint density at radius 3 is 2.73 bits per heavy atom. The minimum atomic E-state index is -0.287. The van der Waals surface area contributed by atoms with E-state index in [4.69, 9.17) is 4.98 Å². The number of aromatic nitrogens is 5. The Bertz CT molecular complexity index is 1060. The number of nitrogens with one attached hydrogen (secondary N) is 1. The van der Waals surface area contributed by atoms with Crippen LogP contribution in [0.4, 0.5) is 5.95 Å². The van der Waals surface area contributed by atoms with E-state index in [2.05, 4.69) is 20.4 Å². The first-order valence-corrected chi connectivity index (χ1v) is 9.02. The minimum absolute atomic E-state index is 0.131. The zero-order valence-corrected chi connectivity index (χ0v) is 15.1. The Morgan fingerprint density at radius 1 is 1.23 bits per heavy atom. The summed E-state index contributed by atoms with van der Waals surface area (Å²) in [5.41, 5.74) is 1.93. The summed E-state index contributed by atoms with van der Waals surface area (Å²) in [4.78, 5) is 26.7. The first-order valence-electron chi connectivity index (χ1n) is 8.14. The summed E-state index contributed by atoms with van der Waals surface area (Å²) in [6, 6.07) is 7.56. The number of nitrogens with zero attached hydrogens (tertiary/aromatic N) is 5. The fourth-order valence-electron chi connectivity index (χ4n) is 2.67. The Morgan fingerprint density at radius 2 is 2.04 bits per heavy atom. The standard InChI is InChI=1S/C18H16N6OS/c1-11(2)24-16-13(10-21-24)12(9-14(22-16)15-5-3-8-26-15)17(25)23-18-19-6-4-7-20-18/h3-11H,1-2H3,(H,19,20,23,25). The van der Waals surface area contributed by atoms with Gasteiger partial charge < -0.3 is 0 Å². The minimum Gasteiger partial charge on any atom is -0.290 e. The van der Waals surface area contributed by atoms with Crippen LogP contribution in [0.25, 0.3) is 21.6 Å². The van der Waals surface area contributed by atoms with Crippen molar-refractivity contribution in [3.8, 4) is 10.6 Å². The van der Waals surface area contributed by atoms with Crippen molar-refractivity contribution in [1.29, 1.82) is 0 Å². The number of hydrogen-bond acceptors (Lipinski definition) is 6. The summed E-state index contributed by atoms with van der Waals surface area (Å²) in [5, 5.41) is 9.84. The molecule has 0 atom stereocenters. The third-order valence-corrected chi connectivity index (χ3v) is 4.76. The number of fused-ring (bicyclic) bond motifs is 1. The molecule has 26 heavy (non-hydrogen) atoms. The van der Waals surface area contributed by atoms with Gasteiger partial charge in [0, 0.05) is 18.4 Å². The molecular weight excluding hydrogens is 348 g/mol. The summed E-state index contributed by atoms with van der Waals surface area (Å²) in [7, 11) is 0. The van der Waals surface area contributed by atoms with Gasteiger partial charge in [0.2, 0.25) is 5.95 Å². The lowest BCUT2D eigenvalue weighted by Crippen LogP contribution is -2.15. The topological polar surface area (TPSA) is 85.6 Å². The highest BCUT2D eigenvalue weighted by Crippen LogP contribution is 2.29. The molecule has 130 valence electrons. The largest absolute Gasteiger partial charge is 0.290 e. The van der Waals surface area contributed by atoms with Crippen LogP contribution < -0.4 is 5.32 Å². The van der Waals surface area contributed by atoms with E-state index in [0.717, 1.165) is 10.6 Å². The van der Waals surface area contributed by atoms with E-state index in [1.165, 1.54) is 0 Å². The summed E-state index contributed by atoms with van der Waals surface area (Å²) in [5.74, 6) is -0.0268. The van der Waals surface area contributed by atoms with Gasteiger partial charge in [-0.05, 0) is 37.4 Å². The summed E-state index contributed by atoms with van der Waals surface area (Å²) >= 11 is 1.58. The lowest BCUT2D eigenvalue weighted by atomic mass is 10.1. The molecule has 4 rings (SSSR count). The van der Waals surface area contributed by atoms with Gasteiger partial charge in [-0.2, -0.15) is 5.10 Å². The van der Waals surface area contributed by atoms with E-state index >= 15 is 0 Å². The van der Waals surface area contributed by atoms with E-state index in [1.807, 2.05) is 36.0 Å². The number of anilines is 1. The number of carbonyl (C=O) groups excluding carboxylic acids is 1. The smallest absolute Gasteiger partial charge is 0.258 e. The maximum absolute atomic E-state index is 12.9. The highest BCUT2D eigenvalue weighted by atomic mass is 32.1. The molecule has 1 amide bonds. The zero-order chi connectivity index (χ0) is 18.1. The zero-order valence-electron chi connectivity index (χ0n) is 14.2. The molecule has 0 bridgehead atoms. The van der Waals surface area contributed by atoms with Crippen LogP contribution in [0.1, 0.15) is 30.2 Å². The van der Waals surface area contributed by atoms with Gasteiger partial charge in [-0.25, -0.2) is 19.6 Å². The quantitative estimate of drug-likeness (QED) is 0.595. The van der Waals surface area contributed by atoms with Gasteiger partial charge in [0.05, 0.1) is 27.7 Å². The molecule has 4 heterocycles. The number of rotatable bonds is 4. The number of amides is 1. The van der Waals surface area contributed by atoms with Crippen molar-refractivity contribution in [3.63, 3.8) is 0 Å². The molecule has 8 heteroatoms. The maximum atomic E-state index is 12.9. The summed E-state index contributed by atoms with van der Waals surface area (Å²) in [6.07, 6.45) is 4.85. The molecule has 0 radical (unpaired) electrons. The van der Waals surface area contributed by atoms with E-state index in [0.29, 0.717) is 16.6 Å². The first kappa shape index (κ1) is 16.3. The van der Waals surface area contributed by atoms with Crippen molar-refractivity contribution in [3.05, 3.63) is 53.8 Å². The lowest BCUT2D eigenvalue weighted by Gasteiger charge is -2.10. The van der Waals surface area contributed by atoms with Crippen LogP contribution in [0.3, 0.4) is 0 Å². The fraction of sp³-hybridized carbons (Fsp3) is 0.167. The van der Waals surface area contributed by atoms with Crippen LogP contribution in [0.2, 0.25) is 0 Å². The van der Waals surface area contributed by atoms with Gasteiger partial charge >= 0.3 is 0 Å². The van der Waals surface area contributed by atoms with Crippen LogP contribution in [-0.4, -0.2) is 30.6 Å². The molecule has 0 aromatic carbocycles. The molecule has 0 saturated carbocycles. The molecule has 0 aliphatic heterocycles. The molecule has 0 aliphatic rings. The van der Waals surface area contributed by atoms with Crippen LogP contribution >= 0.6 is 11.3 Å². The second-order valence-electron chi connectivity index (χ2n) is 5.98. The van der Waals surface area contributed by atoms with E-state index in [9.17, 15) is 4.79 Å². The third-order valence-electron chi connectivity index (χ3n) is 3.87. The first-order chi connectivity index (χ1) is 12.6. The maximum Gasteiger partial charge on any atom is 0.258 e. The normalized spacial score (nSPS) is 11.2. The molecule has 7 nitrogen and oxygen atoms in total. The van der Waals surface area contributed by atoms with Crippen LogP contribution in [0, 0.1) is 0 Å². The van der Waals surface area contributed by atoms with Crippen molar-refractivity contribution in [2.75, 3.05) is 5.32 Å². The Labute approximate surface area is 153 Å². The van der Waals surface area contributed by atoms with Crippen molar-refractivity contribution < 1.29 is 4.79 Å². The lowest BCUT2D eigenvalue weighted by molar-refractivity contribution is 0.102. The van der Waals surface area contributed by atoms with Gasteiger partial charge in [-0.1, -0.05) is 6.07 Å². The number of carbonyl (C=O) groups is 1. The van der Waals surface area contributed by atoms with Gasteiger partial charge in [0.15, 0.2) is 5.65 Å². The highest BCUT2D eigenvalue weighted by Gasteiger charge is 2.19. The average molecular weight is 364 g/mol. The number of thiophene rings is 1. The number of hydrogen-bond donors (Lipinski definition) is 1. The second kappa shape index (κ2) is 6.64. The molecule has 0 fully saturated rings. The predicted octanol–water partition coefficient (Wildman–Crippen LogP) is 3.78. The van der Waals surface area contributed by atoms with Crippen molar-refractivity contribution in [1.82, 2.24) is 24.7 Å². The average Bonchev–Trinajstić information content (AvgIpc) is 3.31. The molecule has 4 aromatic rings. The number of pyridine rings is 1. The van der Waals surface area contributed by atoms with Crippen LogP contribution in [0.15, 0.2) is 48.2 Å². The van der Waals surface area contributed by atoms with Crippen LogP contribution in [-0.2, 0) is 0 Å². The molecule has 0 saturated heterocycles. The fourth-order valence-corrected chi connectivity index (χ4v) is 3.35. The van der Waals surface area contributed by atoms with Gasteiger partial charge in [0.25, 0.3) is 5.91 Å². The Kier molecular flexibility index (Phi) is 4.18. The van der Waals surface area contributed by atoms with Gasteiger partial charge in [-0.15, -0.1) is 11.3 Å². The van der Waals surface area contributed by atoms with Crippen molar-refractivity contribution in [2.24, 2.45) is 0 Å². The van der Waals surface area contributed by atoms with Crippen LogP contribution in [0.5, 0.6) is 0 Å². The van der Waals surface area contributed by atoms with E-state index in [1.54, 1.807) is 42.1 Å². The van der Waals surface area contributed by atoms with E-state index < -0.39 is 0 Å². The van der Waals surface area contributed by atoms with E-state index in [-0.39, 0.29) is 17.9 Å². The molecule has 4 aromatic heterocycles. The third kappa shape index (κ3) is 2.95. The molecule has 0 unspecified atom stereocenters. The van der Waals surface area contributed by atoms with Gasteiger partial charge in [0.1, 0.15) is 0 Å². The molecule has 0 spiro atoms. The SMILES string of the molecule is CC(C)n1ncc2c(C(=O)Nc3ncccn3)cc(-c3cccs3)nc21. The Hall–Kier alpha value is -3.13. The summed E-state index contributed by atoms with van der Waals surface area (Å²) in [6.45, 7) is 4.06. The highest BCUT2D eigenvalue weighted by molar-refractivity contribution is 7.13. The molecular formula is C18H16N6OS. The summed E-state index contributed by atoms with van der Waals surface area (Å²) < 4.78 is 1.82. The van der Waals surface area contributed by atoms with Crippen molar-refractivity contribution in [2.45, 2.75) is 19.9 Å². The monoisotopic (exact) mass is 364 g/mol.